The van der Waals surface area contributed by atoms with Crippen molar-refractivity contribution < 1.29 is 9.47 Å². The summed E-state index contributed by atoms with van der Waals surface area (Å²) in [7, 11) is 3.18. The molecule has 0 aromatic heterocycles. The van der Waals surface area contributed by atoms with Crippen molar-refractivity contribution in [2.45, 2.75) is 24.9 Å². The fourth-order valence-electron chi connectivity index (χ4n) is 1.82. The first-order valence-corrected chi connectivity index (χ1v) is 5.66. The Morgan fingerprint density at radius 3 is 2.65 bits per heavy atom. The number of rotatable bonds is 5. The van der Waals surface area contributed by atoms with Gasteiger partial charge in [-0.2, -0.15) is 5.26 Å². The van der Waals surface area contributed by atoms with Crippen molar-refractivity contribution in [3.8, 4) is 17.6 Å². The molecule has 0 aliphatic heterocycles. The van der Waals surface area contributed by atoms with Gasteiger partial charge in [-0.05, 0) is 18.9 Å². The number of nitriles is 1. The van der Waals surface area contributed by atoms with E-state index in [4.69, 9.17) is 9.47 Å². The largest absolute Gasteiger partial charge is 0.493 e. The second-order valence-electron chi connectivity index (χ2n) is 4.09. The Bertz CT molecular complexity index is 436. The van der Waals surface area contributed by atoms with Gasteiger partial charge in [-0.15, -0.1) is 0 Å². The van der Waals surface area contributed by atoms with Crippen molar-refractivity contribution >= 4 is 0 Å². The molecule has 1 aliphatic rings. The Hall–Kier alpha value is -1.73. The lowest BCUT2D eigenvalue weighted by atomic mass is 10.1. The highest BCUT2D eigenvalue weighted by molar-refractivity contribution is 5.49. The van der Waals surface area contributed by atoms with Crippen LogP contribution in [0.5, 0.6) is 11.5 Å². The van der Waals surface area contributed by atoms with E-state index in [1.807, 2.05) is 18.2 Å². The molecule has 1 N–H and O–H groups in total. The van der Waals surface area contributed by atoms with Crippen molar-refractivity contribution in [3.63, 3.8) is 0 Å². The molecule has 0 bridgehead atoms. The molecule has 17 heavy (non-hydrogen) atoms. The van der Waals surface area contributed by atoms with Crippen LogP contribution in [0.2, 0.25) is 0 Å². The van der Waals surface area contributed by atoms with E-state index in [0.717, 1.165) is 18.4 Å². The summed E-state index contributed by atoms with van der Waals surface area (Å²) in [6.45, 7) is 0. The lowest BCUT2D eigenvalue weighted by molar-refractivity contribution is 0.349. The molecule has 0 amide bonds. The summed E-state index contributed by atoms with van der Waals surface area (Å²) < 4.78 is 10.6. The van der Waals surface area contributed by atoms with Gasteiger partial charge in [0.25, 0.3) is 0 Å². The molecular weight excluding hydrogens is 216 g/mol. The first-order valence-electron chi connectivity index (χ1n) is 5.66. The summed E-state index contributed by atoms with van der Waals surface area (Å²) in [6.07, 6.45) is 2.29. The maximum atomic E-state index is 9.23. The molecule has 4 nitrogen and oxygen atoms in total. The van der Waals surface area contributed by atoms with Gasteiger partial charge in [-0.1, -0.05) is 12.1 Å². The maximum Gasteiger partial charge on any atom is 0.166 e. The van der Waals surface area contributed by atoms with Gasteiger partial charge in [0.15, 0.2) is 11.5 Å². The summed E-state index contributed by atoms with van der Waals surface area (Å²) in [6, 6.07) is 7.99. The van der Waals surface area contributed by atoms with Gasteiger partial charge in [0, 0.05) is 11.6 Å². The third-order valence-electron chi connectivity index (χ3n) is 2.85. The van der Waals surface area contributed by atoms with Crippen molar-refractivity contribution in [3.05, 3.63) is 23.8 Å². The third kappa shape index (κ3) is 2.51. The van der Waals surface area contributed by atoms with Crippen LogP contribution in [0.15, 0.2) is 18.2 Å². The van der Waals surface area contributed by atoms with E-state index in [9.17, 15) is 5.26 Å². The highest BCUT2D eigenvalue weighted by Crippen LogP contribution is 2.35. The van der Waals surface area contributed by atoms with Gasteiger partial charge in [-0.3, -0.25) is 5.32 Å². The summed E-state index contributed by atoms with van der Waals surface area (Å²) >= 11 is 0. The molecular formula is C13H16N2O2. The average Bonchev–Trinajstić information content (AvgIpc) is 3.18. The first-order chi connectivity index (χ1) is 8.30. The summed E-state index contributed by atoms with van der Waals surface area (Å²) in [4.78, 5) is 0. The van der Waals surface area contributed by atoms with Crippen LogP contribution in [0.1, 0.15) is 24.4 Å². The lowest BCUT2D eigenvalue weighted by Gasteiger charge is -2.16. The Kier molecular flexibility index (Phi) is 3.50. The van der Waals surface area contributed by atoms with Crippen LogP contribution in [-0.2, 0) is 0 Å². The summed E-state index contributed by atoms with van der Waals surface area (Å²) in [5.74, 6) is 1.29. The number of nitrogens with zero attached hydrogens (tertiary/aromatic N) is 1. The number of methoxy groups -OCH3 is 2. The third-order valence-corrected chi connectivity index (χ3v) is 2.85. The molecule has 1 fully saturated rings. The lowest BCUT2D eigenvalue weighted by Crippen LogP contribution is -2.22. The van der Waals surface area contributed by atoms with Gasteiger partial charge >= 0.3 is 0 Å². The fourth-order valence-corrected chi connectivity index (χ4v) is 1.82. The highest BCUT2D eigenvalue weighted by Gasteiger charge is 2.27. The van der Waals surface area contributed by atoms with Crippen LogP contribution in [-0.4, -0.2) is 20.3 Å². The fraction of sp³-hybridized carbons (Fsp3) is 0.462. The average molecular weight is 232 g/mol. The van der Waals surface area contributed by atoms with Crippen LogP contribution in [0.4, 0.5) is 0 Å². The number of ether oxygens (including phenoxy) is 2. The Balaban J connectivity index is 2.31. The molecule has 1 aromatic carbocycles. The van der Waals surface area contributed by atoms with Crippen LogP contribution >= 0.6 is 0 Å². The standard InChI is InChI=1S/C13H16N2O2/c1-16-12-5-3-4-10(13(12)17-2)11(8-14)15-9-6-7-9/h3-5,9,11,15H,6-7H2,1-2H3. The highest BCUT2D eigenvalue weighted by atomic mass is 16.5. The van der Waals surface area contributed by atoms with E-state index in [0.29, 0.717) is 17.5 Å². The van der Waals surface area contributed by atoms with Crippen LogP contribution in [0.25, 0.3) is 0 Å². The van der Waals surface area contributed by atoms with Crippen LogP contribution < -0.4 is 14.8 Å². The van der Waals surface area contributed by atoms with Gasteiger partial charge in [-0.25, -0.2) is 0 Å². The summed E-state index contributed by atoms with van der Waals surface area (Å²) in [5, 5.41) is 12.5. The zero-order valence-corrected chi connectivity index (χ0v) is 10.1. The first kappa shape index (κ1) is 11.7. The van der Waals surface area contributed by atoms with Crippen LogP contribution in [0, 0.1) is 11.3 Å². The zero-order valence-electron chi connectivity index (χ0n) is 10.1. The number of hydrogen-bond donors (Lipinski definition) is 1. The number of nitrogens with one attached hydrogen (secondary N) is 1. The zero-order chi connectivity index (χ0) is 12.3. The second-order valence-corrected chi connectivity index (χ2v) is 4.09. The topological polar surface area (TPSA) is 54.3 Å². The number of hydrogen-bond acceptors (Lipinski definition) is 4. The SMILES string of the molecule is COc1cccc(C(C#N)NC2CC2)c1OC. The predicted octanol–water partition coefficient (Wildman–Crippen LogP) is 2.02. The van der Waals surface area contributed by atoms with Gasteiger partial charge in [0.2, 0.25) is 0 Å². The molecule has 90 valence electrons. The van der Waals surface area contributed by atoms with E-state index in [-0.39, 0.29) is 6.04 Å². The minimum absolute atomic E-state index is 0.340. The number of para-hydroxylation sites is 1. The van der Waals surface area contributed by atoms with Gasteiger partial charge in [0.1, 0.15) is 6.04 Å². The molecule has 0 radical (unpaired) electrons. The molecule has 1 saturated carbocycles. The Morgan fingerprint density at radius 1 is 1.35 bits per heavy atom. The minimum Gasteiger partial charge on any atom is -0.493 e. The van der Waals surface area contributed by atoms with Crippen molar-refractivity contribution in [2.24, 2.45) is 0 Å². The Labute approximate surface area is 101 Å². The molecule has 1 aromatic rings. The van der Waals surface area contributed by atoms with Gasteiger partial charge < -0.3 is 9.47 Å². The smallest absolute Gasteiger partial charge is 0.166 e. The van der Waals surface area contributed by atoms with E-state index in [1.165, 1.54) is 0 Å². The second kappa shape index (κ2) is 5.07. The molecule has 0 heterocycles. The summed E-state index contributed by atoms with van der Waals surface area (Å²) in [5.41, 5.74) is 0.834. The van der Waals surface area contributed by atoms with E-state index < -0.39 is 0 Å². The van der Waals surface area contributed by atoms with Crippen molar-refractivity contribution in [1.29, 1.82) is 5.26 Å². The predicted molar refractivity (Wildman–Crippen MR) is 64.1 cm³/mol. The molecule has 0 spiro atoms. The normalized spacial score (nSPS) is 16.1. The van der Waals surface area contributed by atoms with E-state index >= 15 is 0 Å². The van der Waals surface area contributed by atoms with E-state index in [2.05, 4.69) is 11.4 Å². The monoisotopic (exact) mass is 232 g/mol. The van der Waals surface area contributed by atoms with E-state index in [1.54, 1.807) is 14.2 Å². The molecule has 1 atom stereocenters. The Morgan fingerprint density at radius 2 is 2.12 bits per heavy atom. The van der Waals surface area contributed by atoms with Crippen molar-refractivity contribution in [1.82, 2.24) is 5.32 Å². The quantitative estimate of drug-likeness (QED) is 0.843. The number of benzene rings is 1. The molecule has 1 unspecified atom stereocenters. The molecule has 0 saturated heterocycles. The minimum atomic E-state index is -0.340. The van der Waals surface area contributed by atoms with Crippen LogP contribution in [0.3, 0.4) is 0 Å². The molecule has 1 aliphatic carbocycles. The molecule has 4 heteroatoms. The molecule has 2 rings (SSSR count). The maximum absolute atomic E-state index is 9.23. The van der Waals surface area contributed by atoms with Gasteiger partial charge in [0.05, 0.1) is 20.3 Å². The van der Waals surface area contributed by atoms with Crippen molar-refractivity contribution in [2.75, 3.05) is 14.2 Å².